The van der Waals surface area contributed by atoms with Gasteiger partial charge in [0.25, 0.3) is 5.91 Å². The first-order valence-corrected chi connectivity index (χ1v) is 8.51. The number of thiocarbonyl (C=S) groups is 1. The number of carbonyl (C=O) groups excluding carboxylic acids is 3. The lowest BCUT2D eigenvalue weighted by molar-refractivity contribution is -0.144. The molecular formula is C17H23N3O4S. The minimum atomic E-state index is -0.423. The average molecular weight is 365 g/mol. The normalized spacial score (nSPS) is 9.84. The van der Waals surface area contributed by atoms with Crippen LogP contribution < -0.4 is 16.0 Å². The first-order chi connectivity index (χ1) is 12.0. The highest BCUT2D eigenvalue weighted by molar-refractivity contribution is 7.80. The zero-order valence-corrected chi connectivity index (χ0v) is 15.2. The first kappa shape index (κ1) is 20.6. The van der Waals surface area contributed by atoms with Gasteiger partial charge in [-0.05, 0) is 49.8 Å². The largest absolute Gasteiger partial charge is 0.466 e. The maximum absolute atomic E-state index is 11.8. The fourth-order valence-electron chi connectivity index (χ4n) is 1.85. The van der Waals surface area contributed by atoms with Crippen LogP contribution in [0, 0.1) is 0 Å². The van der Waals surface area contributed by atoms with Crippen LogP contribution in [0.5, 0.6) is 0 Å². The Kier molecular flexibility index (Phi) is 9.16. The summed E-state index contributed by atoms with van der Waals surface area (Å²) in [5.74, 6) is -0.933. The number of carbonyl (C=O) groups is 3. The van der Waals surface area contributed by atoms with E-state index in [9.17, 15) is 14.4 Å². The minimum absolute atomic E-state index is 0.00279. The number of ether oxygens (including phenoxy) is 1. The van der Waals surface area contributed by atoms with Gasteiger partial charge in [0.1, 0.15) is 0 Å². The molecule has 1 rings (SSSR count). The molecule has 0 aliphatic rings. The first-order valence-electron chi connectivity index (χ1n) is 8.11. The van der Waals surface area contributed by atoms with E-state index in [4.69, 9.17) is 17.0 Å². The molecule has 0 bridgehead atoms. The van der Waals surface area contributed by atoms with E-state index in [1.807, 2.05) is 6.92 Å². The second-order valence-electron chi connectivity index (χ2n) is 5.14. The number of hydrogen-bond acceptors (Lipinski definition) is 5. The van der Waals surface area contributed by atoms with Gasteiger partial charge in [0.05, 0.1) is 13.0 Å². The Balaban J connectivity index is 2.42. The van der Waals surface area contributed by atoms with E-state index in [2.05, 4.69) is 16.0 Å². The Morgan fingerprint density at radius 1 is 1.08 bits per heavy atom. The molecule has 136 valence electrons. The molecule has 25 heavy (non-hydrogen) atoms. The molecule has 2 amide bonds. The summed E-state index contributed by atoms with van der Waals surface area (Å²) in [6.45, 7) is 4.60. The standard InChI is InChI=1S/C17H23N3O4S/c1-3-11-18-16(23)12-5-7-13(8-6-12)19-17(25)20-14(21)9-10-15(22)24-4-2/h5-8H,3-4,9-11H2,1-2H3,(H,18,23)(H2,19,20,21,25). The van der Waals surface area contributed by atoms with Gasteiger partial charge in [-0.25, -0.2) is 0 Å². The lowest BCUT2D eigenvalue weighted by Crippen LogP contribution is -2.34. The third-order valence-corrected chi connectivity index (χ3v) is 3.26. The second kappa shape index (κ2) is 11.1. The summed E-state index contributed by atoms with van der Waals surface area (Å²) in [7, 11) is 0. The van der Waals surface area contributed by atoms with Crippen LogP contribution in [0.25, 0.3) is 0 Å². The lowest BCUT2D eigenvalue weighted by Gasteiger charge is -2.10. The predicted octanol–water partition coefficient (Wildman–Crippen LogP) is 1.98. The van der Waals surface area contributed by atoms with E-state index in [0.717, 1.165) is 6.42 Å². The molecule has 0 radical (unpaired) electrons. The van der Waals surface area contributed by atoms with Crippen molar-refractivity contribution in [1.29, 1.82) is 0 Å². The van der Waals surface area contributed by atoms with Crippen molar-refractivity contribution >= 4 is 40.8 Å². The Morgan fingerprint density at radius 2 is 1.76 bits per heavy atom. The maximum atomic E-state index is 11.8. The molecule has 0 aliphatic carbocycles. The van der Waals surface area contributed by atoms with Gasteiger partial charge < -0.3 is 20.7 Å². The van der Waals surface area contributed by atoms with Crippen LogP contribution in [0.15, 0.2) is 24.3 Å². The summed E-state index contributed by atoms with van der Waals surface area (Å²) in [5, 5.41) is 8.24. The summed E-state index contributed by atoms with van der Waals surface area (Å²) >= 11 is 5.05. The molecule has 0 aliphatic heterocycles. The molecule has 3 N–H and O–H groups in total. The van der Waals surface area contributed by atoms with Crippen molar-refractivity contribution in [3.05, 3.63) is 29.8 Å². The fourth-order valence-corrected chi connectivity index (χ4v) is 2.08. The molecule has 8 heteroatoms. The van der Waals surface area contributed by atoms with Gasteiger partial charge >= 0.3 is 5.97 Å². The summed E-state index contributed by atoms with van der Waals surface area (Å²) in [5.41, 5.74) is 1.19. The van der Waals surface area contributed by atoms with Crippen LogP contribution in [-0.2, 0) is 14.3 Å². The third kappa shape index (κ3) is 8.25. The summed E-state index contributed by atoms with van der Waals surface area (Å²) in [6.07, 6.45) is 0.872. The molecule has 0 aromatic heterocycles. The molecule has 0 fully saturated rings. The van der Waals surface area contributed by atoms with E-state index in [0.29, 0.717) is 17.8 Å². The number of esters is 1. The molecule has 0 unspecified atom stereocenters. The van der Waals surface area contributed by atoms with E-state index in [1.54, 1.807) is 31.2 Å². The number of rotatable bonds is 8. The Labute approximate surface area is 152 Å². The highest BCUT2D eigenvalue weighted by atomic mass is 32.1. The lowest BCUT2D eigenvalue weighted by atomic mass is 10.2. The number of benzene rings is 1. The van der Waals surface area contributed by atoms with Gasteiger partial charge in [-0.15, -0.1) is 0 Å². The van der Waals surface area contributed by atoms with Crippen molar-refractivity contribution < 1.29 is 19.1 Å². The third-order valence-electron chi connectivity index (χ3n) is 3.05. The molecule has 0 heterocycles. The summed E-state index contributed by atoms with van der Waals surface area (Å²) in [4.78, 5) is 34.7. The number of nitrogens with one attached hydrogen (secondary N) is 3. The topological polar surface area (TPSA) is 96.5 Å². The predicted molar refractivity (Wildman–Crippen MR) is 99.3 cm³/mol. The zero-order chi connectivity index (χ0) is 18.7. The van der Waals surface area contributed by atoms with Crippen molar-refractivity contribution in [2.75, 3.05) is 18.5 Å². The molecule has 7 nitrogen and oxygen atoms in total. The van der Waals surface area contributed by atoms with Crippen molar-refractivity contribution in [1.82, 2.24) is 10.6 Å². The summed E-state index contributed by atoms with van der Waals surface area (Å²) in [6, 6.07) is 6.72. The molecule has 0 saturated heterocycles. The van der Waals surface area contributed by atoms with Crippen LogP contribution in [-0.4, -0.2) is 36.0 Å². The molecular weight excluding hydrogens is 342 g/mol. The van der Waals surface area contributed by atoms with E-state index >= 15 is 0 Å². The van der Waals surface area contributed by atoms with Crippen LogP contribution >= 0.6 is 12.2 Å². The van der Waals surface area contributed by atoms with Crippen LogP contribution in [0.3, 0.4) is 0 Å². The monoisotopic (exact) mass is 365 g/mol. The molecule has 1 aromatic carbocycles. The summed E-state index contributed by atoms with van der Waals surface area (Å²) < 4.78 is 4.75. The van der Waals surface area contributed by atoms with Crippen LogP contribution in [0.1, 0.15) is 43.5 Å². The highest BCUT2D eigenvalue weighted by Crippen LogP contribution is 2.09. The molecule has 1 aromatic rings. The maximum Gasteiger partial charge on any atom is 0.306 e. The Bertz CT molecular complexity index is 617. The van der Waals surface area contributed by atoms with Crippen molar-refractivity contribution in [3.8, 4) is 0 Å². The fraction of sp³-hybridized carbons (Fsp3) is 0.412. The van der Waals surface area contributed by atoms with Crippen molar-refractivity contribution in [2.24, 2.45) is 0 Å². The number of amides is 2. The van der Waals surface area contributed by atoms with Gasteiger partial charge in [0.15, 0.2) is 5.11 Å². The molecule has 0 spiro atoms. The average Bonchev–Trinajstić information content (AvgIpc) is 2.58. The van der Waals surface area contributed by atoms with Gasteiger partial charge in [0, 0.05) is 24.2 Å². The Hall–Kier alpha value is -2.48. The van der Waals surface area contributed by atoms with Crippen molar-refractivity contribution in [2.45, 2.75) is 33.1 Å². The zero-order valence-electron chi connectivity index (χ0n) is 14.4. The molecule has 0 saturated carbocycles. The van der Waals surface area contributed by atoms with E-state index < -0.39 is 5.97 Å². The van der Waals surface area contributed by atoms with Gasteiger partial charge in [-0.2, -0.15) is 0 Å². The second-order valence-corrected chi connectivity index (χ2v) is 5.55. The number of hydrogen-bond donors (Lipinski definition) is 3. The van der Waals surface area contributed by atoms with Crippen LogP contribution in [0.2, 0.25) is 0 Å². The van der Waals surface area contributed by atoms with E-state index in [-0.39, 0.29) is 36.4 Å². The SMILES string of the molecule is CCCNC(=O)c1ccc(NC(=S)NC(=O)CCC(=O)OCC)cc1. The van der Waals surface area contributed by atoms with Gasteiger partial charge in [0.2, 0.25) is 5.91 Å². The van der Waals surface area contributed by atoms with Crippen molar-refractivity contribution in [3.63, 3.8) is 0 Å². The van der Waals surface area contributed by atoms with Crippen LogP contribution in [0.4, 0.5) is 5.69 Å². The number of anilines is 1. The quantitative estimate of drug-likeness (QED) is 0.481. The van der Waals surface area contributed by atoms with Gasteiger partial charge in [-0.1, -0.05) is 6.92 Å². The highest BCUT2D eigenvalue weighted by Gasteiger charge is 2.09. The van der Waals surface area contributed by atoms with E-state index in [1.165, 1.54) is 0 Å². The van der Waals surface area contributed by atoms with Gasteiger partial charge in [-0.3, -0.25) is 14.4 Å². The molecule has 0 atom stereocenters. The smallest absolute Gasteiger partial charge is 0.306 e. The minimum Gasteiger partial charge on any atom is -0.466 e. The Morgan fingerprint density at radius 3 is 2.36 bits per heavy atom.